The normalized spacial score (nSPS) is 15.1. The molecule has 0 unspecified atom stereocenters. The van der Waals surface area contributed by atoms with Gasteiger partial charge in [-0.05, 0) is 55.0 Å². The molecule has 1 saturated heterocycles. The Labute approximate surface area is 200 Å². The average Bonchev–Trinajstić information content (AvgIpc) is 2.78. The first kappa shape index (κ1) is 22.6. The fourth-order valence-corrected chi connectivity index (χ4v) is 3.68. The smallest absolute Gasteiger partial charge is 0.335 e. The largest absolute Gasteiger partial charge is 0.489 e. The van der Waals surface area contributed by atoms with Gasteiger partial charge in [0.05, 0.1) is 5.69 Å². The molecule has 8 heteroatoms. The minimum atomic E-state index is -0.782. The number of halogens is 2. The van der Waals surface area contributed by atoms with E-state index in [1.54, 1.807) is 66.7 Å². The Morgan fingerprint density at radius 1 is 0.939 bits per heavy atom. The first-order chi connectivity index (χ1) is 15.8. The number of rotatable bonds is 5. The fraction of sp³-hybridized carbons (Fsp3) is 0.0800. The predicted octanol–water partition coefficient (Wildman–Crippen LogP) is 5.55. The number of nitrogens with one attached hydrogen (secondary N) is 1. The second kappa shape index (κ2) is 9.48. The lowest BCUT2D eigenvalue weighted by atomic mass is 10.1. The van der Waals surface area contributed by atoms with E-state index in [1.165, 1.54) is 6.08 Å². The molecule has 0 bridgehead atoms. The lowest BCUT2D eigenvalue weighted by Crippen LogP contribution is -2.54. The summed E-state index contributed by atoms with van der Waals surface area (Å²) in [5.41, 5.74) is 2.61. The van der Waals surface area contributed by atoms with Crippen molar-refractivity contribution in [2.75, 3.05) is 4.90 Å². The Balaban J connectivity index is 1.51. The molecule has 0 aromatic heterocycles. The number of carbonyl (C=O) groups is 3. The Kier molecular flexibility index (Phi) is 6.49. The molecular weight excluding hydrogens is 463 g/mol. The number of amides is 4. The zero-order chi connectivity index (χ0) is 23.5. The molecule has 4 rings (SSSR count). The third kappa shape index (κ3) is 5.08. The van der Waals surface area contributed by atoms with E-state index in [0.29, 0.717) is 27.0 Å². The van der Waals surface area contributed by atoms with Crippen molar-refractivity contribution in [2.24, 2.45) is 0 Å². The number of nitrogens with zero attached hydrogens (tertiary/aromatic N) is 1. The van der Waals surface area contributed by atoms with Gasteiger partial charge in [-0.15, -0.1) is 0 Å². The zero-order valence-corrected chi connectivity index (χ0v) is 19.0. The highest BCUT2D eigenvalue weighted by Gasteiger charge is 2.36. The van der Waals surface area contributed by atoms with Gasteiger partial charge in [-0.2, -0.15) is 0 Å². The number of barbiturate groups is 1. The van der Waals surface area contributed by atoms with Gasteiger partial charge < -0.3 is 4.74 Å². The molecular formula is C25H18Cl2N2O4. The highest BCUT2D eigenvalue weighted by Crippen LogP contribution is 2.25. The lowest BCUT2D eigenvalue weighted by molar-refractivity contribution is -0.122. The molecule has 166 valence electrons. The number of hydrogen-bond acceptors (Lipinski definition) is 4. The highest BCUT2D eigenvalue weighted by molar-refractivity contribution is 6.39. The van der Waals surface area contributed by atoms with Crippen LogP contribution in [0.5, 0.6) is 5.75 Å². The van der Waals surface area contributed by atoms with Crippen molar-refractivity contribution >= 4 is 52.8 Å². The second-order valence-corrected chi connectivity index (χ2v) is 8.23. The number of anilines is 1. The molecule has 3 aromatic rings. The second-order valence-electron chi connectivity index (χ2n) is 7.39. The summed E-state index contributed by atoms with van der Waals surface area (Å²) in [6.45, 7) is 2.15. The quantitative estimate of drug-likeness (QED) is 0.383. The van der Waals surface area contributed by atoms with E-state index in [-0.39, 0.29) is 12.2 Å². The summed E-state index contributed by atoms with van der Waals surface area (Å²) in [4.78, 5) is 38.5. The van der Waals surface area contributed by atoms with Crippen molar-refractivity contribution in [1.82, 2.24) is 5.32 Å². The van der Waals surface area contributed by atoms with E-state index in [4.69, 9.17) is 27.9 Å². The number of carbonyl (C=O) groups excluding carboxylic acids is 3. The summed E-state index contributed by atoms with van der Waals surface area (Å²) in [5, 5.41) is 3.27. The fourth-order valence-electron chi connectivity index (χ4n) is 3.21. The maximum Gasteiger partial charge on any atom is 0.335 e. The van der Waals surface area contributed by atoms with Crippen molar-refractivity contribution in [3.8, 4) is 5.75 Å². The SMILES string of the molecule is Cc1ccc(N2C(=O)NC(=O)/C(=C\c3ccc(OCc4ccc(Cl)cc4Cl)cc3)C2=O)cc1. The molecule has 0 saturated carbocycles. The molecule has 1 aliphatic rings. The third-order valence-electron chi connectivity index (χ3n) is 4.99. The van der Waals surface area contributed by atoms with Crippen molar-refractivity contribution in [3.05, 3.63) is 99.0 Å². The minimum Gasteiger partial charge on any atom is -0.489 e. The van der Waals surface area contributed by atoms with E-state index < -0.39 is 17.8 Å². The molecule has 33 heavy (non-hydrogen) atoms. The third-order valence-corrected chi connectivity index (χ3v) is 5.58. The van der Waals surface area contributed by atoms with Crippen LogP contribution < -0.4 is 15.0 Å². The van der Waals surface area contributed by atoms with Crippen LogP contribution in [0.4, 0.5) is 10.5 Å². The maximum absolute atomic E-state index is 12.9. The number of hydrogen-bond donors (Lipinski definition) is 1. The molecule has 0 radical (unpaired) electrons. The van der Waals surface area contributed by atoms with Gasteiger partial charge in [0.15, 0.2) is 0 Å². The van der Waals surface area contributed by atoms with Crippen molar-refractivity contribution in [1.29, 1.82) is 0 Å². The number of benzene rings is 3. The molecule has 3 aromatic carbocycles. The van der Waals surface area contributed by atoms with Crippen LogP contribution in [-0.4, -0.2) is 17.8 Å². The summed E-state index contributed by atoms with van der Waals surface area (Å²) in [6.07, 6.45) is 1.44. The van der Waals surface area contributed by atoms with Crippen molar-refractivity contribution < 1.29 is 19.1 Å². The molecule has 1 heterocycles. The predicted molar refractivity (Wildman–Crippen MR) is 127 cm³/mol. The van der Waals surface area contributed by atoms with Crippen molar-refractivity contribution in [2.45, 2.75) is 13.5 Å². The number of imide groups is 2. The van der Waals surface area contributed by atoms with E-state index in [2.05, 4.69) is 5.32 Å². The summed E-state index contributed by atoms with van der Waals surface area (Å²) in [5.74, 6) is -0.851. The van der Waals surface area contributed by atoms with E-state index in [1.807, 2.05) is 6.92 Å². The summed E-state index contributed by atoms with van der Waals surface area (Å²) >= 11 is 12.1. The van der Waals surface area contributed by atoms with Gasteiger partial charge in [0, 0.05) is 15.6 Å². The molecule has 1 aliphatic heterocycles. The van der Waals surface area contributed by atoms with Crippen LogP contribution in [0.2, 0.25) is 10.0 Å². The Bertz CT molecular complexity index is 1270. The van der Waals surface area contributed by atoms with Gasteiger partial charge in [-0.25, -0.2) is 9.69 Å². The number of urea groups is 1. The lowest BCUT2D eigenvalue weighted by Gasteiger charge is -2.26. The molecule has 0 aliphatic carbocycles. The van der Waals surface area contributed by atoms with Gasteiger partial charge >= 0.3 is 6.03 Å². The molecule has 6 nitrogen and oxygen atoms in total. The summed E-state index contributed by atoms with van der Waals surface area (Å²) in [7, 11) is 0. The molecule has 1 N–H and O–H groups in total. The first-order valence-corrected chi connectivity index (χ1v) is 10.7. The monoisotopic (exact) mass is 480 g/mol. The average molecular weight is 481 g/mol. The minimum absolute atomic E-state index is 0.142. The highest BCUT2D eigenvalue weighted by atomic mass is 35.5. The van der Waals surface area contributed by atoms with Crippen LogP contribution in [0, 0.1) is 6.92 Å². The summed E-state index contributed by atoms with van der Waals surface area (Å²) in [6, 6.07) is 18.1. The molecule has 1 fully saturated rings. The van der Waals surface area contributed by atoms with Crippen LogP contribution in [0.15, 0.2) is 72.3 Å². The van der Waals surface area contributed by atoms with Gasteiger partial charge in [0.2, 0.25) is 0 Å². The van der Waals surface area contributed by atoms with Gasteiger partial charge in [0.25, 0.3) is 11.8 Å². The molecule has 4 amide bonds. The van der Waals surface area contributed by atoms with E-state index in [9.17, 15) is 14.4 Å². The van der Waals surface area contributed by atoms with Gasteiger partial charge in [-0.3, -0.25) is 14.9 Å². The Morgan fingerprint density at radius 3 is 2.30 bits per heavy atom. The zero-order valence-electron chi connectivity index (χ0n) is 17.5. The van der Waals surface area contributed by atoms with Crippen LogP contribution in [0.3, 0.4) is 0 Å². The van der Waals surface area contributed by atoms with Crippen LogP contribution in [0.1, 0.15) is 16.7 Å². The maximum atomic E-state index is 12.9. The van der Waals surface area contributed by atoms with Crippen LogP contribution >= 0.6 is 23.2 Å². The van der Waals surface area contributed by atoms with Crippen molar-refractivity contribution in [3.63, 3.8) is 0 Å². The topological polar surface area (TPSA) is 75.7 Å². The molecule has 0 spiro atoms. The number of ether oxygens (including phenoxy) is 1. The Morgan fingerprint density at radius 2 is 1.64 bits per heavy atom. The van der Waals surface area contributed by atoms with Crippen LogP contribution in [-0.2, 0) is 16.2 Å². The molecule has 0 atom stereocenters. The van der Waals surface area contributed by atoms with Crippen LogP contribution in [0.25, 0.3) is 6.08 Å². The Hall–Kier alpha value is -3.61. The van der Waals surface area contributed by atoms with E-state index in [0.717, 1.165) is 16.0 Å². The standard InChI is InChI=1S/C25H18Cl2N2O4/c1-15-2-8-19(9-3-15)29-24(31)21(23(30)28-25(29)32)12-16-4-10-20(11-5-16)33-14-17-6-7-18(26)13-22(17)27/h2-13H,14H2,1H3,(H,28,30,32)/b21-12+. The first-order valence-electron chi connectivity index (χ1n) is 9.97. The van der Waals surface area contributed by atoms with Gasteiger partial charge in [-0.1, -0.05) is 59.1 Å². The van der Waals surface area contributed by atoms with E-state index >= 15 is 0 Å². The summed E-state index contributed by atoms with van der Waals surface area (Å²) < 4.78 is 5.75. The van der Waals surface area contributed by atoms with Gasteiger partial charge in [0.1, 0.15) is 17.9 Å². The number of aryl methyl sites for hydroxylation is 1.